The first-order valence-electron chi connectivity index (χ1n) is 6.74. The lowest BCUT2D eigenvalue weighted by Gasteiger charge is -2.06. The van der Waals surface area contributed by atoms with Crippen LogP contribution in [-0.2, 0) is 0 Å². The first-order valence-corrected chi connectivity index (χ1v) is 6.74. The van der Waals surface area contributed by atoms with Crippen LogP contribution in [0.25, 0.3) is 22.3 Å². The van der Waals surface area contributed by atoms with Gasteiger partial charge in [0.1, 0.15) is 11.4 Å². The normalized spacial score (nSPS) is 10.8. The number of aryl methyl sites for hydroxylation is 2. The number of nitrogens with zero attached hydrogens (tertiary/aromatic N) is 1. The smallest absolute Gasteiger partial charge is 0.274 e. The molecule has 1 N–H and O–H groups in total. The zero-order chi connectivity index (χ0) is 15.0. The molecule has 0 aliphatic carbocycles. The van der Waals surface area contributed by atoms with E-state index in [0.29, 0.717) is 5.69 Å². The molecule has 0 saturated heterocycles. The van der Waals surface area contributed by atoms with Crippen molar-refractivity contribution in [3.63, 3.8) is 0 Å². The van der Waals surface area contributed by atoms with Crippen molar-refractivity contribution < 1.29 is 4.74 Å². The first-order chi connectivity index (χ1) is 10.1. The summed E-state index contributed by atoms with van der Waals surface area (Å²) in [6, 6.07) is 11.3. The highest BCUT2D eigenvalue weighted by molar-refractivity contribution is 5.78. The van der Waals surface area contributed by atoms with E-state index in [0.717, 1.165) is 33.5 Å². The van der Waals surface area contributed by atoms with Gasteiger partial charge in [-0.15, -0.1) is 0 Å². The van der Waals surface area contributed by atoms with Crippen LogP contribution in [0, 0.1) is 13.8 Å². The molecule has 0 saturated carbocycles. The standard InChI is InChI=1S/C17H16N2O2/c1-10-8-14-15(9-11(10)2)19-17(20)16(18-14)12-4-6-13(21-3)7-5-12/h4-9H,1-3H3,(H,19,20). The van der Waals surface area contributed by atoms with Crippen molar-refractivity contribution >= 4 is 11.0 Å². The molecule has 0 spiro atoms. The summed E-state index contributed by atoms with van der Waals surface area (Å²) in [6.45, 7) is 4.05. The van der Waals surface area contributed by atoms with Crippen LogP contribution in [0.4, 0.5) is 0 Å². The predicted molar refractivity (Wildman–Crippen MR) is 83.8 cm³/mol. The summed E-state index contributed by atoms with van der Waals surface area (Å²) in [4.78, 5) is 19.7. The number of H-pyrrole nitrogens is 1. The van der Waals surface area contributed by atoms with E-state index in [1.807, 2.05) is 50.2 Å². The predicted octanol–water partition coefficient (Wildman–Crippen LogP) is 3.22. The third-order valence-corrected chi connectivity index (χ3v) is 3.67. The summed E-state index contributed by atoms with van der Waals surface area (Å²) < 4.78 is 5.13. The van der Waals surface area contributed by atoms with Gasteiger partial charge < -0.3 is 9.72 Å². The number of ether oxygens (including phenoxy) is 1. The number of rotatable bonds is 2. The fourth-order valence-electron chi connectivity index (χ4n) is 2.29. The van der Waals surface area contributed by atoms with E-state index in [4.69, 9.17) is 4.74 Å². The van der Waals surface area contributed by atoms with Gasteiger partial charge in [-0.3, -0.25) is 4.79 Å². The molecule has 0 unspecified atom stereocenters. The molecule has 0 atom stereocenters. The number of hydrogen-bond acceptors (Lipinski definition) is 3. The average molecular weight is 280 g/mol. The molecule has 0 aliphatic heterocycles. The van der Waals surface area contributed by atoms with Crippen molar-refractivity contribution in [3.8, 4) is 17.0 Å². The Hall–Kier alpha value is -2.62. The summed E-state index contributed by atoms with van der Waals surface area (Å²) in [6.07, 6.45) is 0. The van der Waals surface area contributed by atoms with E-state index in [-0.39, 0.29) is 5.56 Å². The third-order valence-electron chi connectivity index (χ3n) is 3.67. The summed E-state index contributed by atoms with van der Waals surface area (Å²) in [5, 5.41) is 0. The van der Waals surface area contributed by atoms with Gasteiger partial charge in [-0.1, -0.05) is 0 Å². The van der Waals surface area contributed by atoms with Gasteiger partial charge in [-0.2, -0.15) is 0 Å². The maximum absolute atomic E-state index is 12.2. The van der Waals surface area contributed by atoms with Crippen molar-refractivity contribution in [2.24, 2.45) is 0 Å². The molecule has 4 heteroatoms. The van der Waals surface area contributed by atoms with Crippen molar-refractivity contribution in [1.29, 1.82) is 0 Å². The van der Waals surface area contributed by atoms with Crippen molar-refractivity contribution in [3.05, 3.63) is 57.9 Å². The number of fused-ring (bicyclic) bond motifs is 1. The molecular weight excluding hydrogens is 264 g/mol. The second-order valence-corrected chi connectivity index (χ2v) is 5.10. The molecule has 0 radical (unpaired) electrons. The Morgan fingerprint density at radius 1 is 1.05 bits per heavy atom. The van der Waals surface area contributed by atoms with Crippen LogP contribution >= 0.6 is 0 Å². The van der Waals surface area contributed by atoms with Crippen LogP contribution in [0.5, 0.6) is 5.75 Å². The Morgan fingerprint density at radius 3 is 2.38 bits per heavy atom. The maximum atomic E-state index is 12.2. The van der Waals surface area contributed by atoms with Crippen LogP contribution < -0.4 is 10.3 Å². The summed E-state index contributed by atoms with van der Waals surface area (Å²) in [5.41, 5.74) is 4.87. The Morgan fingerprint density at radius 2 is 1.71 bits per heavy atom. The number of methoxy groups -OCH3 is 1. The van der Waals surface area contributed by atoms with Crippen LogP contribution in [0.2, 0.25) is 0 Å². The molecule has 3 aromatic rings. The fraction of sp³-hybridized carbons (Fsp3) is 0.176. The maximum Gasteiger partial charge on any atom is 0.274 e. The van der Waals surface area contributed by atoms with Crippen LogP contribution in [0.1, 0.15) is 11.1 Å². The van der Waals surface area contributed by atoms with Gasteiger partial charge in [-0.05, 0) is 61.4 Å². The lowest BCUT2D eigenvalue weighted by molar-refractivity contribution is 0.415. The van der Waals surface area contributed by atoms with Gasteiger partial charge in [0.05, 0.1) is 18.1 Å². The number of aromatic amines is 1. The summed E-state index contributed by atoms with van der Waals surface area (Å²) in [5.74, 6) is 0.752. The summed E-state index contributed by atoms with van der Waals surface area (Å²) >= 11 is 0. The molecule has 1 heterocycles. The number of benzene rings is 2. The molecule has 0 amide bonds. The first kappa shape index (κ1) is 13.4. The minimum atomic E-state index is -0.184. The quantitative estimate of drug-likeness (QED) is 0.784. The second kappa shape index (κ2) is 5.05. The average Bonchev–Trinajstić information content (AvgIpc) is 2.49. The van der Waals surface area contributed by atoms with E-state index >= 15 is 0 Å². The van der Waals surface area contributed by atoms with Gasteiger partial charge in [-0.25, -0.2) is 4.98 Å². The zero-order valence-corrected chi connectivity index (χ0v) is 12.2. The van der Waals surface area contributed by atoms with E-state index in [1.165, 1.54) is 0 Å². The van der Waals surface area contributed by atoms with E-state index in [9.17, 15) is 4.79 Å². The van der Waals surface area contributed by atoms with Crippen LogP contribution in [-0.4, -0.2) is 17.1 Å². The lowest BCUT2D eigenvalue weighted by Crippen LogP contribution is -2.11. The van der Waals surface area contributed by atoms with Gasteiger partial charge in [0.2, 0.25) is 0 Å². The molecule has 4 nitrogen and oxygen atoms in total. The second-order valence-electron chi connectivity index (χ2n) is 5.10. The van der Waals surface area contributed by atoms with E-state index in [2.05, 4.69) is 9.97 Å². The molecule has 0 fully saturated rings. The molecule has 106 valence electrons. The van der Waals surface area contributed by atoms with E-state index in [1.54, 1.807) is 7.11 Å². The lowest BCUT2D eigenvalue weighted by atomic mass is 10.1. The fourth-order valence-corrected chi connectivity index (χ4v) is 2.29. The van der Waals surface area contributed by atoms with Gasteiger partial charge >= 0.3 is 0 Å². The monoisotopic (exact) mass is 280 g/mol. The Labute approximate surface area is 122 Å². The van der Waals surface area contributed by atoms with Gasteiger partial charge in [0.25, 0.3) is 5.56 Å². The Balaban J connectivity index is 2.20. The molecule has 21 heavy (non-hydrogen) atoms. The SMILES string of the molecule is COc1ccc(-c2nc3cc(C)c(C)cc3[nH]c2=O)cc1. The highest BCUT2D eigenvalue weighted by Crippen LogP contribution is 2.21. The molecule has 1 aromatic heterocycles. The van der Waals surface area contributed by atoms with Crippen molar-refractivity contribution in [2.45, 2.75) is 13.8 Å². The number of nitrogens with one attached hydrogen (secondary N) is 1. The number of hydrogen-bond donors (Lipinski definition) is 1. The van der Waals surface area contributed by atoms with Crippen molar-refractivity contribution in [1.82, 2.24) is 9.97 Å². The molecule has 2 aromatic carbocycles. The topological polar surface area (TPSA) is 55.0 Å². The Bertz CT molecular complexity index is 864. The summed E-state index contributed by atoms with van der Waals surface area (Å²) in [7, 11) is 1.61. The highest BCUT2D eigenvalue weighted by Gasteiger charge is 2.08. The Kier molecular flexibility index (Phi) is 3.22. The molecule has 3 rings (SSSR count). The number of aromatic nitrogens is 2. The van der Waals surface area contributed by atoms with E-state index < -0.39 is 0 Å². The highest BCUT2D eigenvalue weighted by atomic mass is 16.5. The minimum absolute atomic E-state index is 0.184. The third kappa shape index (κ3) is 2.40. The molecular formula is C17H16N2O2. The van der Waals surface area contributed by atoms with Gasteiger partial charge in [0.15, 0.2) is 0 Å². The molecule has 0 aliphatic rings. The van der Waals surface area contributed by atoms with Crippen molar-refractivity contribution in [2.75, 3.05) is 7.11 Å². The minimum Gasteiger partial charge on any atom is -0.497 e. The van der Waals surface area contributed by atoms with Crippen LogP contribution in [0.15, 0.2) is 41.2 Å². The zero-order valence-electron chi connectivity index (χ0n) is 12.2. The molecule has 0 bridgehead atoms. The van der Waals surface area contributed by atoms with Crippen LogP contribution in [0.3, 0.4) is 0 Å². The largest absolute Gasteiger partial charge is 0.497 e. The van der Waals surface area contributed by atoms with Gasteiger partial charge in [0, 0.05) is 5.56 Å².